The van der Waals surface area contributed by atoms with E-state index in [1.54, 1.807) is 12.2 Å². The van der Waals surface area contributed by atoms with Crippen molar-refractivity contribution >= 4 is 17.5 Å². The lowest BCUT2D eigenvalue weighted by Gasteiger charge is -2.28. The molecule has 1 fully saturated rings. The van der Waals surface area contributed by atoms with Gasteiger partial charge in [-0.2, -0.15) is 0 Å². The van der Waals surface area contributed by atoms with Crippen molar-refractivity contribution in [2.45, 2.75) is 25.9 Å². The molecule has 1 aliphatic carbocycles. The van der Waals surface area contributed by atoms with E-state index in [1.807, 2.05) is 42.5 Å². The second-order valence-electron chi connectivity index (χ2n) is 8.22. The van der Waals surface area contributed by atoms with E-state index >= 15 is 0 Å². The zero-order chi connectivity index (χ0) is 21.8. The number of anilines is 1. The monoisotopic (exact) mass is 429 g/mol. The number of rotatable bonds is 7. The van der Waals surface area contributed by atoms with Crippen molar-refractivity contribution in [2.75, 3.05) is 31.2 Å². The summed E-state index contributed by atoms with van der Waals surface area (Å²) in [6.45, 7) is 3.61. The van der Waals surface area contributed by atoms with Gasteiger partial charge in [0.25, 0.3) is 0 Å². The summed E-state index contributed by atoms with van der Waals surface area (Å²) in [5.41, 5.74) is 4.60. The van der Waals surface area contributed by atoms with Crippen molar-refractivity contribution in [3.63, 3.8) is 0 Å². The Labute approximate surface area is 188 Å². The average Bonchev–Trinajstić information content (AvgIpc) is 3.51. The van der Waals surface area contributed by atoms with Gasteiger partial charge in [-0.15, -0.1) is 0 Å². The fraction of sp³-hybridized carbons (Fsp3) is 0.296. The van der Waals surface area contributed by atoms with Crippen molar-refractivity contribution in [3.8, 4) is 5.75 Å². The van der Waals surface area contributed by atoms with Crippen LogP contribution in [-0.2, 0) is 24.2 Å². The topological polar surface area (TPSA) is 51.9 Å². The predicted octanol–water partition coefficient (Wildman–Crippen LogP) is 5.08. The van der Waals surface area contributed by atoms with Crippen molar-refractivity contribution in [1.29, 1.82) is 0 Å². The molecule has 1 saturated heterocycles. The van der Waals surface area contributed by atoms with Crippen LogP contribution in [0.3, 0.4) is 0 Å². The fourth-order valence-corrected chi connectivity index (χ4v) is 4.27. The number of hydrogen-bond acceptors (Lipinski definition) is 5. The highest BCUT2D eigenvalue weighted by Crippen LogP contribution is 2.26. The van der Waals surface area contributed by atoms with Crippen molar-refractivity contribution in [1.82, 2.24) is 0 Å². The Balaban J connectivity index is 1.16. The largest absolute Gasteiger partial charge is 0.486 e. The third-order valence-electron chi connectivity index (χ3n) is 6.06. The molecule has 164 valence electrons. The minimum absolute atomic E-state index is 0.0501. The summed E-state index contributed by atoms with van der Waals surface area (Å²) in [4.78, 5) is 14.8. The van der Waals surface area contributed by atoms with Crippen LogP contribution in [0.15, 0.2) is 65.1 Å². The molecule has 5 rings (SSSR count). The number of furan rings is 1. The van der Waals surface area contributed by atoms with Gasteiger partial charge < -0.3 is 18.8 Å². The minimum Gasteiger partial charge on any atom is -0.486 e. The van der Waals surface area contributed by atoms with Crippen LogP contribution in [-0.4, -0.2) is 32.1 Å². The van der Waals surface area contributed by atoms with Crippen LogP contribution in [0.1, 0.15) is 39.4 Å². The van der Waals surface area contributed by atoms with Crippen LogP contribution < -0.4 is 9.64 Å². The van der Waals surface area contributed by atoms with Crippen LogP contribution in [0.5, 0.6) is 5.75 Å². The second kappa shape index (κ2) is 9.45. The Morgan fingerprint density at radius 3 is 2.62 bits per heavy atom. The van der Waals surface area contributed by atoms with Gasteiger partial charge in [-0.25, -0.2) is 0 Å². The maximum Gasteiger partial charge on any atom is 0.185 e. The molecule has 2 heterocycles. The summed E-state index contributed by atoms with van der Waals surface area (Å²) in [5, 5.41) is 0. The highest BCUT2D eigenvalue weighted by atomic mass is 16.5. The van der Waals surface area contributed by atoms with Gasteiger partial charge in [0.15, 0.2) is 5.78 Å². The third-order valence-corrected chi connectivity index (χ3v) is 6.06. The molecule has 0 N–H and O–H groups in total. The Hall–Kier alpha value is -3.31. The molecule has 0 unspecified atom stereocenters. The van der Waals surface area contributed by atoms with Crippen molar-refractivity contribution in [3.05, 3.63) is 88.9 Å². The number of morpholine rings is 1. The van der Waals surface area contributed by atoms with Gasteiger partial charge in [-0.3, -0.25) is 4.79 Å². The van der Waals surface area contributed by atoms with Crippen LogP contribution in [0.2, 0.25) is 0 Å². The van der Waals surface area contributed by atoms with Crippen LogP contribution in [0.25, 0.3) is 6.08 Å². The highest BCUT2D eigenvalue weighted by Gasteiger charge is 2.13. The van der Waals surface area contributed by atoms with Crippen LogP contribution in [0, 0.1) is 0 Å². The molecule has 1 aromatic heterocycles. The number of carbonyl (C=O) groups excluding carboxylic acids is 1. The number of aryl methyl sites for hydroxylation is 2. The molecule has 32 heavy (non-hydrogen) atoms. The SMILES string of the molecule is O=C(/C=C/c1ccc(COc2ccc3c(c2)CCC3)o1)c1ccc(N2CCOCC2)cc1. The number of fused-ring (bicyclic) bond motifs is 1. The molecule has 0 bridgehead atoms. The first-order valence-electron chi connectivity index (χ1n) is 11.2. The number of carbonyl (C=O) groups is 1. The Bertz CT molecular complexity index is 1110. The molecular weight excluding hydrogens is 402 g/mol. The molecule has 3 aromatic rings. The second-order valence-corrected chi connectivity index (χ2v) is 8.22. The summed E-state index contributed by atoms with van der Waals surface area (Å²) >= 11 is 0. The molecule has 5 nitrogen and oxygen atoms in total. The molecule has 2 aromatic carbocycles. The van der Waals surface area contributed by atoms with E-state index in [0.29, 0.717) is 17.9 Å². The maximum absolute atomic E-state index is 12.5. The molecule has 0 radical (unpaired) electrons. The van der Waals surface area contributed by atoms with Crippen molar-refractivity contribution < 1.29 is 18.7 Å². The number of benzene rings is 2. The molecule has 0 saturated carbocycles. The van der Waals surface area contributed by atoms with E-state index in [1.165, 1.54) is 24.0 Å². The maximum atomic E-state index is 12.5. The Morgan fingerprint density at radius 1 is 0.969 bits per heavy atom. The molecule has 0 spiro atoms. The fourth-order valence-electron chi connectivity index (χ4n) is 4.27. The van der Waals surface area contributed by atoms with Gasteiger partial charge in [-0.05, 0) is 91.1 Å². The standard InChI is InChI=1S/C27H27NO4/c29-27(21-4-7-23(8-5-21)28-14-16-30-17-15-28)13-12-24-10-11-26(32-24)19-31-25-9-6-20-2-1-3-22(20)18-25/h4-13,18H,1-3,14-17,19H2/b13-12+. The van der Waals surface area contributed by atoms with E-state index in [2.05, 4.69) is 17.0 Å². The summed E-state index contributed by atoms with van der Waals surface area (Å²) in [6.07, 6.45) is 6.78. The van der Waals surface area contributed by atoms with Crippen LogP contribution in [0.4, 0.5) is 5.69 Å². The lowest BCUT2D eigenvalue weighted by molar-refractivity contribution is 0.104. The molecule has 5 heteroatoms. The van der Waals surface area contributed by atoms with Gasteiger partial charge in [0.2, 0.25) is 0 Å². The first-order valence-corrected chi connectivity index (χ1v) is 11.2. The van der Waals surface area contributed by atoms with E-state index in [9.17, 15) is 4.79 Å². The lowest BCUT2D eigenvalue weighted by Crippen LogP contribution is -2.36. The van der Waals surface area contributed by atoms with Gasteiger partial charge in [0.05, 0.1) is 13.2 Å². The number of nitrogens with zero attached hydrogens (tertiary/aromatic N) is 1. The predicted molar refractivity (Wildman–Crippen MR) is 124 cm³/mol. The lowest BCUT2D eigenvalue weighted by atomic mass is 10.1. The normalized spacial score (nSPS) is 15.8. The van der Waals surface area contributed by atoms with Gasteiger partial charge in [0, 0.05) is 24.3 Å². The van der Waals surface area contributed by atoms with E-state index in [-0.39, 0.29) is 5.78 Å². The first-order chi connectivity index (χ1) is 15.7. The number of ketones is 1. The van der Waals surface area contributed by atoms with E-state index in [0.717, 1.165) is 49.9 Å². The summed E-state index contributed by atoms with van der Waals surface area (Å²) in [7, 11) is 0. The van der Waals surface area contributed by atoms with Gasteiger partial charge in [0.1, 0.15) is 23.9 Å². The van der Waals surface area contributed by atoms with Crippen molar-refractivity contribution in [2.24, 2.45) is 0 Å². The number of hydrogen-bond donors (Lipinski definition) is 0. The summed E-state index contributed by atoms with van der Waals surface area (Å²) in [6, 6.07) is 17.8. The Morgan fingerprint density at radius 2 is 1.78 bits per heavy atom. The highest BCUT2D eigenvalue weighted by molar-refractivity contribution is 6.06. The zero-order valence-corrected chi connectivity index (χ0v) is 18.1. The average molecular weight is 430 g/mol. The van der Waals surface area contributed by atoms with E-state index in [4.69, 9.17) is 13.9 Å². The summed E-state index contributed by atoms with van der Waals surface area (Å²) < 4.78 is 17.1. The van der Waals surface area contributed by atoms with Crippen LogP contribution >= 0.6 is 0 Å². The smallest absolute Gasteiger partial charge is 0.185 e. The quantitative estimate of drug-likeness (QED) is 0.387. The van der Waals surface area contributed by atoms with Gasteiger partial charge >= 0.3 is 0 Å². The molecular formula is C27H27NO4. The number of ether oxygens (including phenoxy) is 2. The minimum atomic E-state index is -0.0501. The zero-order valence-electron chi connectivity index (χ0n) is 18.1. The van der Waals surface area contributed by atoms with E-state index < -0.39 is 0 Å². The van der Waals surface area contributed by atoms with Gasteiger partial charge in [-0.1, -0.05) is 6.07 Å². The third kappa shape index (κ3) is 4.78. The summed E-state index contributed by atoms with van der Waals surface area (Å²) in [5.74, 6) is 2.18. The Kier molecular flexibility index (Phi) is 6.08. The molecule has 2 aliphatic rings. The first kappa shape index (κ1) is 20.6. The number of allylic oxidation sites excluding steroid dienone is 1. The molecule has 1 aliphatic heterocycles. The molecule has 0 amide bonds. The molecule has 0 atom stereocenters.